The topological polar surface area (TPSA) is 107 Å². The number of carbonyl (C=O) groups is 2. The van der Waals surface area contributed by atoms with Crippen LogP contribution in [0.15, 0.2) is 24.3 Å². The standard InChI is InChI=1S/C16H17N3O4S/c17-11-16(7-3-4-8-16)18-14(20)9-19-15(21)13-6-2-1-5-12(13)10-24(19,22)23/h1-2,5-6H,3-4,7-10H2,(H,18,20). The average molecular weight is 347 g/mol. The summed E-state index contributed by atoms with van der Waals surface area (Å²) in [5, 5.41) is 11.9. The predicted molar refractivity (Wildman–Crippen MR) is 85.1 cm³/mol. The summed E-state index contributed by atoms with van der Waals surface area (Å²) >= 11 is 0. The van der Waals surface area contributed by atoms with Crippen LogP contribution < -0.4 is 5.32 Å². The molecule has 2 amide bonds. The normalized spacial score (nSPS) is 21.0. The van der Waals surface area contributed by atoms with E-state index < -0.39 is 33.9 Å². The van der Waals surface area contributed by atoms with E-state index in [0.717, 1.165) is 12.8 Å². The Morgan fingerprint density at radius 3 is 2.62 bits per heavy atom. The second-order valence-corrected chi connectivity index (χ2v) is 8.07. The predicted octanol–water partition coefficient (Wildman–Crippen LogP) is 0.925. The molecule has 3 rings (SSSR count). The molecular weight excluding hydrogens is 330 g/mol. The minimum absolute atomic E-state index is 0.288. The number of nitriles is 1. The minimum atomic E-state index is -3.90. The summed E-state index contributed by atoms with van der Waals surface area (Å²) in [7, 11) is -3.90. The third-order valence-electron chi connectivity index (χ3n) is 4.49. The number of sulfonamides is 1. The van der Waals surface area contributed by atoms with E-state index in [-0.39, 0.29) is 11.3 Å². The van der Waals surface area contributed by atoms with Crippen LogP contribution in [0.5, 0.6) is 0 Å². The molecule has 0 unspecified atom stereocenters. The summed E-state index contributed by atoms with van der Waals surface area (Å²) in [5.41, 5.74) is -0.225. The van der Waals surface area contributed by atoms with Crippen molar-refractivity contribution in [3.05, 3.63) is 35.4 Å². The van der Waals surface area contributed by atoms with Crippen molar-refractivity contribution in [1.82, 2.24) is 9.62 Å². The minimum Gasteiger partial charge on any atom is -0.336 e. The largest absolute Gasteiger partial charge is 0.336 e. The van der Waals surface area contributed by atoms with Gasteiger partial charge in [0.05, 0.1) is 11.8 Å². The van der Waals surface area contributed by atoms with Gasteiger partial charge in [0.1, 0.15) is 12.1 Å². The zero-order chi connectivity index (χ0) is 17.4. The molecule has 0 aromatic heterocycles. The lowest BCUT2D eigenvalue weighted by Crippen LogP contribution is -2.52. The molecule has 1 aliphatic heterocycles. The van der Waals surface area contributed by atoms with Crippen LogP contribution in [0.4, 0.5) is 0 Å². The lowest BCUT2D eigenvalue weighted by Gasteiger charge is -2.29. The quantitative estimate of drug-likeness (QED) is 0.875. The van der Waals surface area contributed by atoms with Crippen molar-refractivity contribution in [2.75, 3.05) is 6.54 Å². The zero-order valence-electron chi connectivity index (χ0n) is 13.0. The van der Waals surface area contributed by atoms with E-state index in [1.807, 2.05) is 0 Å². The van der Waals surface area contributed by atoms with Gasteiger partial charge in [-0.2, -0.15) is 5.26 Å². The van der Waals surface area contributed by atoms with Crippen LogP contribution in [0.3, 0.4) is 0 Å². The molecule has 1 aliphatic carbocycles. The van der Waals surface area contributed by atoms with Gasteiger partial charge in [0, 0.05) is 5.56 Å². The maximum atomic E-state index is 12.5. The van der Waals surface area contributed by atoms with Crippen molar-refractivity contribution in [3.63, 3.8) is 0 Å². The van der Waals surface area contributed by atoms with Gasteiger partial charge >= 0.3 is 0 Å². The number of nitrogens with one attached hydrogen (secondary N) is 1. The molecule has 1 saturated carbocycles. The molecule has 1 heterocycles. The van der Waals surface area contributed by atoms with Crippen molar-refractivity contribution >= 4 is 21.8 Å². The monoisotopic (exact) mass is 347 g/mol. The van der Waals surface area contributed by atoms with Gasteiger partial charge in [-0.1, -0.05) is 18.2 Å². The Hall–Kier alpha value is -2.40. The van der Waals surface area contributed by atoms with Gasteiger partial charge in [0.2, 0.25) is 15.9 Å². The highest BCUT2D eigenvalue weighted by molar-refractivity contribution is 7.89. The maximum Gasteiger partial charge on any atom is 0.268 e. The van der Waals surface area contributed by atoms with Crippen LogP contribution in [-0.2, 0) is 20.6 Å². The number of hydrogen-bond acceptors (Lipinski definition) is 5. The molecule has 24 heavy (non-hydrogen) atoms. The fraction of sp³-hybridized carbons (Fsp3) is 0.438. The number of rotatable bonds is 3. The van der Waals surface area contributed by atoms with E-state index in [2.05, 4.69) is 11.4 Å². The Bertz CT molecular complexity index is 835. The number of nitrogens with zero attached hydrogens (tertiary/aromatic N) is 2. The molecule has 1 N–H and O–H groups in total. The SMILES string of the molecule is N#CC1(NC(=O)CN2C(=O)c3ccccc3CS2(=O)=O)CCCC1. The number of hydrogen-bond donors (Lipinski definition) is 1. The lowest BCUT2D eigenvalue weighted by atomic mass is 10.00. The van der Waals surface area contributed by atoms with Crippen LogP contribution in [-0.4, -0.2) is 36.6 Å². The van der Waals surface area contributed by atoms with Gasteiger partial charge in [0.25, 0.3) is 5.91 Å². The number of carbonyl (C=O) groups excluding carboxylic acids is 2. The first-order valence-electron chi connectivity index (χ1n) is 7.72. The Balaban J connectivity index is 1.81. The molecular formula is C16H17N3O4S. The second kappa shape index (κ2) is 5.91. The molecule has 2 aliphatic rings. The van der Waals surface area contributed by atoms with Crippen LogP contribution >= 0.6 is 0 Å². The van der Waals surface area contributed by atoms with Crippen molar-refractivity contribution in [1.29, 1.82) is 5.26 Å². The second-order valence-electron chi connectivity index (χ2n) is 6.17. The van der Waals surface area contributed by atoms with Crippen LogP contribution in [0.25, 0.3) is 0 Å². The van der Waals surface area contributed by atoms with Crippen molar-refractivity contribution < 1.29 is 18.0 Å². The van der Waals surface area contributed by atoms with E-state index in [4.69, 9.17) is 0 Å². The molecule has 8 heteroatoms. The first-order chi connectivity index (χ1) is 11.4. The third kappa shape index (κ3) is 2.87. The van der Waals surface area contributed by atoms with E-state index >= 15 is 0 Å². The highest BCUT2D eigenvalue weighted by Crippen LogP contribution is 2.29. The Morgan fingerprint density at radius 1 is 1.29 bits per heavy atom. The molecule has 0 atom stereocenters. The van der Waals surface area contributed by atoms with E-state index in [9.17, 15) is 23.3 Å². The van der Waals surface area contributed by atoms with Gasteiger partial charge in [-0.25, -0.2) is 12.7 Å². The smallest absolute Gasteiger partial charge is 0.268 e. The van der Waals surface area contributed by atoms with Crippen molar-refractivity contribution in [2.45, 2.75) is 37.0 Å². The highest BCUT2D eigenvalue weighted by atomic mass is 32.2. The number of benzene rings is 1. The van der Waals surface area contributed by atoms with Gasteiger partial charge < -0.3 is 5.32 Å². The summed E-state index contributed by atoms with van der Waals surface area (Å²) in [6, 6.07) is 8.56. The molecule has 0 spiro atoms. The molecule has 1 aromatic rings. The van der Waals surface area contributed by atoms with E-state index in [1.165, 1.54) is 0 Å². The van der Waals surface area contributed by atoms with Crippen LogP contribution in [0.1, 0.15) is 41.6 Å². The molecule has 7 nitrogen and oxygen atoms in total. The van der Waals surface area contributed by atoms with Crippen molar-refractivity contribution in [3.8, 4) is 6.07 Å². The molecule has 0 bridgehead atoms. The fourth-order valence-electron chi connectivity index (χ4n) is 3.24. The molecule has 1 aromatic carbocycles. The summed E-state index contributed by atoms with van der Waals surface area (Å²) < 4.78 is 25.3. The summed E-state index contributed by atoms with van der Waals surface area (Å²) in [6.45, 7) is -0.598. The highest BCUT2D eigenvalue weighted by Gasteiger charge is 2.40. The molecule has 0 radical (unpaired) electrons. The van der Waals surface area contributed by atoms with E-state index in [0.29, 0.717) is 22.7 Å². The molecule has 0 saturated heterocycles. The Morgan fingerprint density at radius 2 is 1.96 bits per heavy atom. The summed E-state index contributed by atoms with van der Waals surface area (Å²) in [6.07, 6.45) is 2.75. The Kier molecular flexibility index (Phi) is 4.05. The number of fused-ring (bicyclic) bond motifs is 1. The number of amides is 2. The average Bonchev–Trinajstić information content (AvgIpc) is 3.00. The molecule has 1 fully saturated rings. The van der Waals surface area contributed by atoms with E-state index in [1.54, 1.807) is 24.3 Å². The van der Waals surface area contributed by atoms with Gasteiger partial charge in [0.15, 0.2) is 0 Å². The fourth-order valence-corrected chi connectivity index (χ4v) is 4.71. The first-order valence-corrected chi connectivity index (χ1v) is 9.33. The first kappa shape index (κ1) is 16.5. The van der Waals surface area contributed by atoms with Crippen molar-refractivity contribution in [2.24, 2.45) is 0 Å². The van der Waals surface area contributed by atoms with Gasteiger partial charge in [-0.05, 0) is 37.3 Å². The van der Waals surface area contributed by atoms with Crippen LogP contribution in [0.2, 0.25) is 0 Å². The third-order valence-corrected chi connectivity index (χ3v) is 6.13. The molecule has 126 valence electrons. The maximum absolute atomic E-state index is 12.5. The lowest BCUT2D eigenvalue weighted by molar-refractivity contribution is -0.122. The summed E-state index contributed by atoms with van der Waals surface area (Å²) in [4.78, 5) is 24.7. The summed E-state index contributed by atoms with van der Waals surface area (Å²) in [5.74, 6) is -1.65. The van der Waals surface area contributed by atoms with Gasteiger partial charge in [-0.3, -0.25) is 9.59 Å². The Labute approximate surface area is 140 Å². The van der Waals surface area contributed by atoms with Crippen LogP contribution in [0, 0.1) is 11.3 Å². The van der Waals surface area contributed by atoms with Gasteiger partial charge in [-0.15, -0.1) is 0 Å². The zero-order valence-corrected chi connectivity index (χ0v) is 13.8.